The van der Waals surface area contributed by atoms with Crippen molar-refractivity contribution >= 4 is 64.2 Å². The summed E-state index contributed by atoms with van der Waals surface area (Å²) in [6.45, 7) is 5.99. The monoisotopic (exact) mass is 515 g/mol. The molecule has 0 bridgehead atoms. The highest BCUT2D eigenvalue weighted by atomic mass is 35.5. The average Bonchev–Trinajstić information content (AvgIpc) is 2.73. The number of carbonyl (C=O) groups excluding carboxylic acids is 2. The van der Waals surface area contributed by atoms with E-state index in [9.17, 15) is 9.59 Å². The Morgan fingerprint density at radius 2 is 1.97 bits per heavy atom. The molecule has 2 aromatic rings. The van der Waals surface area contributed by atoms with Crippen molar-refractivity contribution in [3.8, 4) is 0 Å². The minimum absolute atomic E-state index is 0.0680. The minimum atomic E-state index is -0.131. The van der Waals surface area contributed by atoms with Crippen LogP contribution in [-0.2, 0) is 16.0 Å². The highest BCUT2D eigenvalue weighted by molar-refractivity contribution is 7.99. The lowest BCUT2D eigenvalue weighted by Crippen LogP contribution is -2.53. The number of thioether (sulfide) groups is 1. The third-order valence-electron chi connectivity index (χ3n) is 5.08. The molecule has 0 spiro atoms. The number of carbonyl (C=O) groups is 2. The Bertz CT molecular complexity index is 994. The number of nitrogens with zero attached hydrogens (tertiary/aromatic N) is 4. The van der Waals surface area contributed by atoms with Gasteiger partial charge in [-0.1, -0.05) is 52.6 Å². The second-order valence-corrected chi connectivity index (χ2v) is 9.64. The Kier molecular flexibility index (Phi) is 8.87. The first-order chi connectivity index (χ1) is 15.2. The highest BCUT2D eigenvalue weighted by Crippen LogP contribution is 2.24. The van der Waals surface area contributed by atoms with Crippen LogP contribution in [0, 0.1) is 0 Å². The molecule has 1 fully saturated rings. The van der Waals surface area contributed by atoms with Crippen LogP contribution in [0.5, 0.6) is 0 Å². The van der Waals surface area contributed by atoms with Crippen molar-refractivity contribution < 1.29 is 9.59 Å². The van der Waals surface area contributed by atoms with Crippen LogP contribution in [0.25, 0.3) is 0 Å². The zero-order valence-corrected chi connectivity index (χ0v) is 20.9. The van der Waals surface area contributed by atoms with Crippen LogP contribution < -0.4 is 10.2 Å². The van der Waals surface area contributed by atoms with Gasteiger partial charge in [0, 0.05) is 55.3 Å². The van der Waals surface area contributed by atoms with Gasteiger partial charge in [-0.2, -0.15) is 0 Å². The molecule has 1 aliphatic rings. The van der Waals surface area contributed by atoms with Crippen LogP contribution in [0.1, 0.15) is 19.4 Å². The fraction of sp³-hybridized carbons (Fsp3) is 0.429. The van der Waals surface area contributed by atoms with E-state index in [1.54, 1.807) is 25.1 Å². The van der Waals surface area contributed by atoms with Gasteiger partial charge in [0.15, 0.2) is 5.16 Å². The van der Waals surface area contributed by atoms with E-state index in [0.29, 0.717) is 58.8 Å². The number of benzene rings is 1. The summed E-state index contributed by atoms with van der Waals surface area (Å²) >= 11 is 19.5. The summed E-state index contributed by atoms with van der Waals surface area (Å²) in [5.41, 5.74) is 0.922. The van der Waals surface area contributed by atoms with E-state index in [4.69, 9.17) is 34.8 Å². The zero-order chi connectivity index (χ0) is 23.3. The summed E-state index contributed by atoms with van der Waals surface area (Å²) < 4.78 is 0. The lowest BCUT2D eigenvalue weighted by atomic mass is 10.1. The van der Waals surface area contributed by atoms with Gasteiger partial charge in [0.2, 0.25) is 11.8 Å². The molecular weight excluding hydrogens is 493 g/mol. The van der Waals surface area contributed by atoms with Crippen molar-refractivity contribution in [3.05, 3.63) is 45.0 Å². The number of halogens is 3. The summed E-state index contributed by atoms with van der Waals surface area (Å²) in [5.74, 6) is 0.801. The lowest BCUT2D eigenvalue weighted by Gasteiger charge is -2.40. The molecule has 1 atom stereocenters. The third kappa shape index (κ3) is 6.88. The smallest absolute Gasteiger partial charge is 0.230 e. The second kappa shape index (κ2) is 11.4. The summed E-state index contributed by atoms with van der Waals surface area (Å²) in [6, 6.07) is 7.09. The molecule has 1 aliphatic heterocycles. The maximum absolute atomic E-state index is 12.2. The van der Waals surface area contributed by atoms with E-state index in [1.807, 2.05) is 17.9 Å². The van der Waals surface area contributed by atoms with Gasteiger partial charge in [-0.25, -0.2) is 9.97 Å². The minimum Gasteiger partial charge on any atom is -0.355 e. The Morgan fingerprint density at radius 1 is 1.19 bits per heavy atom. The number of amides is 2. The van der Waals surface area contributed by atoms with Gasteiger partial charge < -0.3 is 15.1 Å². The molecule has 1 aromatic carbocycles. The summed E-state index contributed by atoms with van der Waals surface area (Å²) in [5, 5.41) is 4.78. The fourth-order valence-electron chi connectivity index (χ4n) is 3.49. The first-order valence-corrected chi connectivity index (χ1v) is 12.2. The molecule has 11 heteroatoms. The third-order valence-corrected chi connectivity index (χ3v) is 6.71. The van der Waals surface area contributed by atoms with Gasteiger partial charge in [-0.3, -0.25) is 9.59 Å². The van der Waals surface area contributed by atoms with Gasteiger partial charge in [0.1, 0.15) is 11.0 Å². The summed E-state index contributed by atoms with van der Waals surface area (Å²) in [4.78, 5) is 36.7. The molecule has 1 saturated heterocycles. The largest absolute Gasteiger partial charge is 0.355 e. The van der Waals surface area contributed by atoms with E-state index in [2.05, 4.69) is 20.2 Å². The van der Waals surface area contributed by atoms with Gasteiger partial charge in [-0.05, 0) is 31.0 Å². The van der Waals surface area contributed by atoms with Crippen LogP contribution in [0.2, 0.25) is 15.2 Å². The molecule has 172 valence electrons. The molecule has 0 radical (unpaired) electrons. The molecule has 3 rings (SSSR count). The maximum Gasteiger partial charge on any atom is 0.230 e. The van der Waals surface area contributed by atoms with Crippen molar-refractivity contribution in [2.75, 3.05) is 36.8 Å². The van der Waals surface area contributed by atoms with Gasteiger partial charge >= 0.3 is 0 Å². The van der Waals surface area contributed by atoms with E-state index >= 15 is 0 Å². The standard InChI is InChI=1S/C21H24Cl3N5O2S/c1-13-11-28(7-8-29(13)14(2)30)19-10-18(24)26-21(27-19)32-12-20(31)25-6-5-15-3-4-16(22)9-17(15)23/h3-4,9-10,13H,5-8,11-12H2,1-2H3,(H,25,31). The van der Waals surface area contributed by atoms with Crippen LogP contribution in [-0.4, -0.2) is 64.7 Å². The SMILES string of the molecule is CC(=O)N1CCN(c2cc(Cl)nc(SCC(=O)NCCc3ccc(Cl)cc3Cl)n2)CC1C. The molecule has 7 nitrogen and oxygen atoms in total. The van der Waals surface area contributed by atoms with E-state index in [1.165, 1.54) is 11.8 Å². The number of anilines is 1. The second-order valence-electron chi connectivity index (χ2n) is 7.46. The van der Waals surface area contributed by atoms with Gasteiger partial charge in [-0.15, -0.1) is 0 Å². The van der Waals surface area contributed by atoms with Crippen molar-refractivity contribution in [3.63, 3.8) is 0 Å². The number of hydrogen-bond acceptors (Lipinski definition) is 6. The summed E-state index contributed by atoms with van der Waals surface area (Å²) in [6.07, 6.45) is 0.606. The Balaban J connectivity index is 1.51. The van der Waals surface area contributed by atoms with Crippen LogP contribution in [0.15, 0.2) is 29.4 Å². The lowest BCUT2D eigenvalue weighted by molar-refractivity contribution is -0.131. The molecule has 1 unspecified atom stereocenters. The zero-order valence-electron chi connectivity index (χ0n) is 17.8. The van der Waals surface area contributed by atoms with Crippen molar-refractivity contribution in [1.29, 1.82) is 0 Å². The maximum atomic E-state index is 12.2. The van der Waals surface area contributed by atoms with Crippen LogP contribution in [0.3, 0.4) is 0 Å². The van der Waals surface area contributed by atoms with E-state index < -0.39 is 0 Å². The van der Waals surface area contributed by atoms with E-state index in [-0.39, 0.29) is 23.6 Å². The first kappa shape index (κ1) is 24.9. The van der Waals surface area contributed by atoms with E-state index in [0.717, 1.165) is 5.56 Å². The number of aromatic nitrogens is 2. The number of nitrogens with one attached hydrogen (secondary N) is 1. The quantitative estimate of drug-likeness (QED) is 0.341. The first-order valence-electron chi connectivity index (χ1n) is 10.1. The van der Waals surface area contributed by atoms with Gasteiger partial charge in [0.05, 0.1) is 5.75 Å². The normalized spacial score (nSPS) is 16.2. The topological polar surface area (TPSA) is 78.4 Å². The van der Waals surface area contributed by atoms with Crippen LogP contribution >= 0.6 is 46.6 Å². The highest BCUT2D eigenvalue weighted by Gasteiger charge is 2.26. The van der Waals surface area contributed by atoms with Crippen molar-refractivity contribution in [1.82, 2.24) is 20.2 Å². The predicted octanol–water partition coefficient (Wildman–Crippen LogP) is 3.94. The van der Waals surface area contributed by atoms with Crippen LogP contribution in [0.4, 0.5) is 5.82 Å². The number of rotatable bonds is 7. The molecule has 2 heterocycles. The predicted molar refractivity (Wildman–Crippen MR) is 130 cm³/mol. The molecule has 1 aromatic heterocycles. The summed E-state index contributed by atoms with van der Waals surface area (Å²) in [7, 11) is 0. The molecule has 0 saturated carbocycles. The van der Waals surface area contributed by atoms with Gasteiger partial charge in [0.25, 0.3) is 0 Å². The fourth-order valence-corrected chi connectivity index (χ4v) is 4.90. The average molecular weight is 517 g/mol. The molecular formula is C21H24Cl3N5O2S. The molecule has 32 heavy (non-hydrogen) atoms. The molecule has 1 N–H and O–H groups in total. The van der Waals surface area contributed by atoms with Crippen molar-refractivity contribution in [2.24, 2.45) is 0 Å². The van der Waals surface area contributed by atoms with Crippen molar-refractivity contribution in [2.45, 2.75) is 31.5 Å². The Morgan fingerprint density at radius 3 is 2.66 bits per heavy atom. The Hall–Kier alpha value is -1.74. The number of piperazine rings is 1. The number of hydrogen-bond donors (Lipinski definition) is 1. The Labute approximate surface area is 206 Å². The molecule has 0 aliphatic carbocycles. The molecule has 2 amide bonds.